The Morgan fingerprint density at radius 2 is 2.12 bits per heavy atom. The van der Waals surface area contributed by atoms with Gasteiger partial charge in [0.25, 0.3) is 0 Å². The summed E-state index contributed by atoms with van der Waals surface area (Å²) >= 11 is 7.13. The minimum atomic E-state index is 0.472. The summed E-state index contributed by atoms with van der Waals surface area (Å²) in [4.78, 5) is 4.31. The first-order chi connectivity index (χ1) is 7.83. The number of imidazole rings is 1. The second-order valence-corrected chi connectivity index (χ2v) is 4.95. The number of nitrogens with zero attached hydrogens (tertiary/aromatic N) is 4. The Hall–Kier alpha value is -1.46. The minimum Gasteiger partial charge on any atom is -0.324 e. The molecule has 80 valence electrons. The lowest BCUT2D eigenvalue weighted by molar-refractivity contribution is 0.800. The van der Waals surface area contributed by atoms with Crippen LogP contribution in [0.5, 0.6) is 0 Å². The summed E-state index contributed by atoms with van der Waals surface area (Å²) in [6.45, 7) is 0.658. The molecule has 3 rings (SSSR count). The summed E-state index contributed by atoms with van der Waals surface area (Å²) in [5.74, 6) is 0. The van der Waals surface area contributed by atoms with Crippen LogP contribution in [0.2, 0.25) is 4.47 Å². The predicted molar refractivity (Wildman–Crippen MR) is 63.8 cm³/mol. The van der Waals surface area contributed by atoms with Gasteiger partial charge in [0.15, 0.2) is 0 Å². The molecule has 16 heavy (non-hydrogen) atoms. The summed E-state index contributed by atoms with van der Waals surface area (Å²) < 4.78 is 2.51. The number of hydrogen-bond acceptors (Lipinski definition) is 4. The van der Waals surface area contributed by atoms with Crippen molar-refractivity contribution in [3.8, 4) is 0 Å². The number of fused-ring (bicyclic) bond motifs is 1. The third-order valence-corrected chi connectivity index (χ3v) is 3.28. The summed E-state index contributed by atoms with van der Waals surface area (Å²) in [6, 6.07) is 7.99. The van der Waals surface area contributed by atoms with Crippen molar-refractivity contribution >= 4 is 34.0 Å². The van der Waals surface area contributed by atoms with Gasteiger partial charge in [0.2, 0.25) is 4.47 Å². The molecule has 0 atom stereocenters. The second-order valence-electron chi connectivity index (χ2n) is 3.31. The molecule has 0 unspecified atom stereocenters. The standard InChI is InChI=1S/C10H7ClN4S/c11-10-14-13-9(16-10)5-15-6-12-7-3-1-2-4-8(7)15/h1-4,6H,5H2. The van der Waals surface area contributed by atoms with E-state index in [0.29, 0.717) is 11.0 Å². The fourth-order valence-electron chi connectivity index (χ4n) is 1.58. The number of hydrogen-bond donors (Lipinski definition) is 0. The van der Waals surface area contributed by atoms with Crippen molar-refractivity contribution < 1.29 is 0 Å². The summed E-state index contributed by atoms with van der Waals surface area (Å²) in [6.07, 6.45) is 1.81. The first kappa shape index (κ1) is 9.74. The van der Waals surface area contributed by atoms with Crippen LogP contribution in [0.1, 0.15) is 5.01 Å². The molecule has 0 saturated carbocycles. The number of aromatic nitrogens is 4. The van der Waals surface area contributed by atoms with Gasteiger partial charge in [0.1, 0.15) is 5.01 Å². The summed E-state index contributed by atoms with van der Waals surface area (Å²) in [5, 5.41) is 8.65. The van der Waals surface area contributed by atoms with Gasteiger partial charge in [-0.15, -0.1) is 10.2 Å². The lowest BCUT2D eigenvalue weighted by Gasteiger charge is -1.99. The van der Waals surface area contributed by atoms with E-state index in [2.05, 4.69) is 15.2 Å². The molecular weight excluding hydrogens is 244 g/mol. The molecule has 0 spiro atoms. The zero-order valence-electron chi connectivity index (χ0n) is 8.17. The van der Waals surface area contributed by atoms with Gasteiger partial charge in [0, 0.05) is 0 Å². The lowest BCUT2D eigenvalue weighted by atomic mass is 10.3. The highest BCUT2D eigenvalue weighted by Gasteiger charge is 2.05. The van der Waals surface area contributed by atoms with E-state index < -0.39 is 0 Å². The van der Waals surface area contributed by atoms with Gasteiger partial charge >= 0.3 is 0 Å². The van der Waals surface area contributed by atoms with Crippen molar-refractivity contribution in [3.63, 3.8) is 0 Å². The highest BCUT2D eigenvalue weighted by molar-refractivity contribution is 7.15. The number of halogens is 1. The van der Waals surface area contributed by atoms with Gasteiger partial charge in [-0.3, -0.25) is 0 Å². The number of benzene rings is 1. The van der Waals surface area contributed by atoms with Crippen molar-refractivity contribution in [2.45, 2.75) is 6.54 Å². The molecule has 0 fully saturated rings. The van der Waals surface area contributed by atoms with E-state index in [4.69, 9.17) is 11.6 Å². The Bertz CT molecular complexity index is 630. The molecule has 0 radical (unpaired) electrons. The fraction of sp³-hybridized carbons (Fsp3) is 0.100. The van der Waals surface area contributed by atoms with Crippen LogP contribution < -0.4 is 0 Å². The smallest absolute Gasteiger partial charge is 0.207 e. The van der Waals surface area contributed by atoms with E-state index in [1.54, 1.807) is 6.33 Å². The second kappa shape index (κ2) is 3.84. The van der Waals surface area contributed by atoms with Gasteiger partial charge in [0.05, 0.1) is 23.9 Å². The Morgan fingerprint density at radius 3 is 2.94 bits per heavy atom. The van der Waals surface area contributed by atoms with Gasteiger partial charge < -0.3 is 4.57 Å². The molecule has 0 N–H and O–H groups in total. The van der Waals surface area contributed by atoms with E-state index in [1.807, 2.05) is 28.8 Å². The molecule has 0 aliphatic carbocycles. The Kier molecular flexibility index (Phi) is 2.34. The topological polar surface area (TPSA) is 43.6 Å². The molecule has 0 aliphatic heterocycles. The van der Waals surface area contributed by atoms with Crippen LogP contribution in [0, 0.1) is 0 Å². The molecule has 2 heterocycles. The number of para-hydroxylation sites is 2. The zero-order valence-corrected chi connectivity index (χ0v) is 9.74. The molecule has 0 amide bonds. The maximum absolute atomic E-state index is 5.74. The minimum absolute atomic E-state index is 0.472. The molecule has 3 aromatic rings. The highest BCUT2D eigenvalue weighted by atomic mass is 35.5. The van der Waals surface area contributed by atoms with Crippen LogP contribution >= 0.6 is 22.9 Å². The molecule has 2 aromatic heterocycles. The zero-order chi connectivity index (χ0) is 11.0. The Morgan fingerprint density at radius 1 is 1.25 bits per heavy atom. The first-order valence-corrected chi connectivity index (χ1v) is 5.90. The highest BCUT2D eigenvalue weighted by Crippen LogP contribution is 2.18. The molecule has 0 bridgehead atoms. The normalized spacial score (nSPS) is 11.1. The van der Waals surface area contributed by atoms with Crippen molar-refractivity contribution in [2.24, 2.45) is 0 Å². The van der Waals surface area contributed by atoms with E-state index in [9.17, 15) is 0 Å². The molecule has 1 aromatic carbocycles. The van der Waals surface area contributed by atoms with Crippen LogP contribution in [0.25, 0.3) is 11.0 Å². The summed E-state index contributed by atoms with van der Waals surface area (Å²) in [5.41, 5.74) is 2.08. The van der Waals surface area contributed by atoms with Gasteiger partial charge in [-0.2, -0.15) is 0 Å². The lowest BCUT2D eigenvalue weighted by Crippen LogP contribution is -1.97. The van der Waals surface area contributed by atoms with Gasteiger partial charge in [-0.25, -0.2) is 4.98 Å². The van der Waals surface area contributed by atoms with Gasteiger partial charge in [-0.1, -0.05) is 23.5 Å². The molecule has 6 heteroatoms. The van der Waals surface area contributed by atoms with Crippen molar-refractivity contribution in [1.82, 2.24) is 19.7 Å². The fourth-order valence-corrected chi connectivity index (χ4v) is 2.45. The predicted octanol–water partition coefficient (Wildman–Crippen LogP) is 2.59. The van der Waals surface area contributed by atoms with Crippen molar-refractivity contribution in [3.05, 3.63) is 40.1 Å². The van der Waals surface area contributed by atoms with E-state index in [0.717, 1.165) is 16.0 Å². The first-order valence-electron chi connectivity index (χ1n) is 4.71. The Labute approximate surface area is 101 Å². The average Bonchev–Trinajstić information content (AvgIpc) is 2.87. The third kappa shape index (κ3) is 1.68. The summed E-state index contributed by atoms with van der Waals surface area (Å²) in [7, 11) is 0. The third-order valence-electron chi connectivity index (χ3n) is 2.28. The Balaban J connectivity index is 2.00. The SMILES string of the molecule is Clc1nnc(Cn2cnc3ccccc32)s1. The molecule has 0 saturated heterocycles. The van der Waals surface area contributed by atoms with E-state index in [1.165, 1.54) is 11.3 Å². The molecule has 0 aliphatic rings. The quantitative estimate of drug-likeness (QED) is 0.702. The van der Waals surface area contributed by atoms with Crippen molar-refractivity contribution in [2.75, 3.05) is 0 Å². The van der Waals surface area contributed by atoms with Crippen LogP contribution in [-0.2, 0) is 6.54 Å². The largest absolute Gasteiger partial charge is 0.324 e. The van der Waals surface area contributed by atoms with Gasteiger partial charge in [-0.05, 0) is 23.7 Å². The monoisotopic (exact) mass is 250 g/mol. The molecular formula is C10H7ClN4S. The number of rotatable bonds is 2. The molecule has 4 nitrogen and oxygen atoms in total. The van der Waals surface area contributed by atoms with Crippen LogP contribution in [0.15, 0.2) is 30.6 Å². The van der Waals surface area contributed by atoms with Crippen LogP contribution in [-0.4, -0.2) is 19.7 Å². The maximum atomic E-state index is 5.74. The van der Waals surface area contributed by atoms with Crippen molar-refractivity contribution in [1.29, 1.82) is 0 Å². The van der Waals surface area contributed by atoms with E-state index >= 15 is 0 Å². The maximum Gasteiger partial charge on any atom is 0.207 e. The van der Waals surface area contributed by atoms with Crippen LogP contribution in [0.3, 0.4) is 0 Å². The van der Waals surface area contributed by atoms with E-state index in [-0.39, 0.29) is 0 Å². The average molecular weight is 251 g/mol. The van der Waals surface area contributed by atoms with Crippen LogP contribution in [0.4, 0.5) is 0 Å².